The molecule has 1 atom stereocenters. The Morgan fingerprint density at radius 2 is 1.11 bits per heavy atom. The molecular weight excluding hydrogens is 777 g/mol. The number of hydrogen-bond donors (Lipinski definition) is 1. The summed E-state index contributed by atoms with van der Waals surface area (Å²) in [4.78, 5) is 24.7. The lowest BCUT2D eigenvalue weighted by molar-refractivity contribution is 1.00. The molecule has 10 aromatic rings. The smallest absolute Gasteiger partial charge is 0.164 e. The van der Waals surface area contributed by atoms with Gasteiger partial charge in [-0.25, -0.2) is 15.0 Å². The van der Waals surface area contributed by atoms with Crippen molar-refractivity contribution in [3.05, 3.63) is 217 Å². The Morgan fingerprint density at radius 1 is 0.468 bits per heavy atom. The first-order valence-corrected chi connectivity index (χ1v) is 21.5. The van der Waals surface area contributed by atoms with Gasteiger partial charge >= 0.3 is 0 Å². The Labute approximate surface area is 363 Å². The molecule has 6 nitrogen and oxygen atoms in total. The molecule has 0 fully saturated rings. The van der Waals surface area contributed by atoms with E-state index in [4.69, 9.17) is 25.7 Å². The fraction of sp³-hybridized carbons (Fsp3) is 0.0182. The first-order valence-electron chi connectivity index (χ1n) is 20.7. The van der Waals surface area contributed by atoms with Crippen LogP contribution in [-0.4, -0.2) is 19.9 Å². The van der Waals surface area contributed by atoms with Crippen molar-refractivity contribution in [3.63, 3.8) is 0 Å². The summed E-state index contributed by atoms with van der Waals surface area (Å²) < 4.78 is 0. The van der Waals surface area contributed by atoms with Crippen LogP contribution in [0.25, 0.3) is 67.3 Å². The number of rotatable bonds is 6. The van der Waals surface area contributed by atoms with Crippen LogP contribution in [0.3, 0.4) is 0 Å². The predicted octanol–water partition coefficient (Wildman–Crippen LogP) is 13.8. The molecule has 2 N–H and O–H groups in total. The molecule has 2 aromatic heterocycles. The van der Waals surface area contributed by atoms with Gasteiger partial charge in [0.05, 0.1) is 17.1 Å². The van der Waals surface area contributed by atoms with E-state index in [1.807, 2.05) is 72.9 Å². The Kier molecular flexibility index (Phi) is 8.54. The lowest BCUT2D eigenvalue weighted by Crippen LogP contribution is -2.15. The molecule has 3 heterocycles. The normalized spacial score (nSPS) is 13.6. The average Bonchev–Trinajstić information content (AvgIpc) is 3.66. The van der Waals surface area contributed by atoms with Gasteiger partial charge in [-0.05, 0) is 93.9 Å². The molecule has 8 aromatic carbocycles. The first kappa shape index (κ1) is 36.0. The molecular formula is C55H36N6S. The van der Waals surface area contributed by atoms with Crippen molar-refractivity contribution in [2.24, 2.45) is 0 Å². The SMILES string of the molecule is Nc1ccc2c(c1)C(c1ccc3c(c1)Sc1cc(-c4nc(-c5ccccc5)nc(-c5ccccc5)n4)ccc1N3c1cccc(-c3nccc4ccccc34)c1)c1ccccc1-2. The zero-order chi connectivity index (χ0) is 41.1. The van der Waals surface area contributed by atoms with Crippen molar-refractivity contribution in [2.45, 2.75) is 15.7 Å². The third-order valence-corrected chi connectivity index (χ3v) is 13.0. The minimum Gasteiger partial charge on any atom is -0.399 e. The van der Waals surface area contributed by atoms with Gasteiger partial charge in [0.2, 0.25) is 0 Å². The van der Waals surface area contributed by atoms with E-state index in [1.54, 1.807) is 11.8 Å². The second-order valence-corrected chi connectivity index (χ2v) is 16.8. The van der Waals surface area contributed by atoms with Crippen LogP contribution in [0.5, 0.6) is 0 Å². The predicted molar refractivity (Wildman–Crippen MR) is 253 cm³/mol. The third-order valence-electron chi connectivity index (χ3n) is 11.9. The summed E-state index contributed by atoms with van der Waals surface area (Å²) in [5.74, 6) is 1.93. The van der Waals surface area contributed by atoms with E-state index in [1.165, 1.54) is 27.8 Å². The van der Waals surface area contributed by atoms with E-state index < -0.39 is 0 Å². The number of hydrogen-bond acceptors (Lipinski definition) is 7. The average molecular weight is 813 g/mol. The fourth-order valence-electron chi connectivity index (χ4n) is 9.09. The van der Waals surface area contributed by atoms with Gasteiger partial charge in [-0.2, -0.15) is 0 Å². The van der Waals surface area contributed by atoms with Gasteiger partial charge in [0.25, 0.3) is 0 Å². The highest BCUT2D eigenvalue weighted by atomic mass is 32.2. The van der Waals surface area contributed by atoms with Crippen LogP contribution in [0.15, 0.2) is 210 Å². The molecule has 1 unspecified atom stereocenters. The van der Waals surface area contributed by atoms with Gasteiger partial charge in [-0.3, -0.25) is 4.98 Å². The lowest BCUT2D eigenvalue weighted by Gasteiger charge is -2.34. The number of nitrogen functional groups attached to an aromatic ring is 1. The quantitative estimate of drug-likeness (QED) is 0.167. The number of benzene rings is 8. The summed E-state index contributed by atoms with van der Waals surface area (Å²) in [5.41, 5.74) is 21.5. The van der Waals surface area contributed by atoms with E-state index in [-0.39, 0.29) is 5.92 Å². The van der Waals surface area contributed by atoms with Crippen LogP contribution >= 0.6 is 11.8 Å². The molecule has 0 amide bonds. The maximum Gasteiger partial charge on any atom is 0.164 e. The van der Waals surface area contributed by atoms with Crippen molar-refractivity contribution in [1.82, 2.24) is 19.9 Å². The van der Waals surface area contributed by atoms with Crippen molar-refractivity contribution < 1.29 is 0 Å². The standard InChI is InChI=1S/C55H36N6S/c56-40-24-25-44-43-20-9-10-21-45(43)51(46(44)33-40)37-22-26-47-49(31-37)62-50-32-39(55-59-53(35-13-3-1-4-14-35)58-54(60-55)36-15-5-2-6-16-36)23-27-48(50)61(47)41-18-11-17-38(30-41)52-42-19-8-7-12-34(42)28-29-57-52/h1-33,51H,56H2. The highest BCUT2D eigenvalue weighted by Gasteiger charge is 2.32. The fourth-order valence-corrected chi connectivity index (χ4v) is 10.2. The largest absolute Gasteiger partial charge is 0.399 e. The lowest BCUT2D eigenvalue weighted by atomic mass is 9.89. The van der Waals surface area contributed by atoms with Crippen molar-refractivity contribution in [2.75, 3.05) is 10.6 Å². The van der Waals surface area contributed by atoms with Crippen molar-refractivity contribution >= 4 is 45.3 Å². The van der Waals surface area contributed by atoms with Gasteiger partial charge in [-0.1, -0.05) is 145 Å². The minimum atomic E-state index is 0.0515. The van der Waals surface area contributed by atoms with Crippen LogP contribution < -0.4 is 10.6 Å². The molecule has 62 heavy (non-hydrogen) atoms. The van der Waals surface area contributed by atoms with Gasteiger partial charge in [0.1, 0.15) is 0 Å². The van der Waals surface area contributed by atoms with E-state index >= 15 is 0 Å². The zero-order valence-electron chi connectivity index (χ0n) is 33.4. The number of fused-ring (bicyclic) bond motifs is 6. The highest BCUT2D eigenvalue weighted by Crippen LogP contribution is 2.55. The summed E-state index contributed by atoms with van der Waals surface area (Å²) in [6.07, 6.45) is 1.90. The maximum absolute atomic E-state index is 6.45. The molecule has 12 rings (SSSR count). The van der Waals surface area contributed by atoms with Gasteiger partial charge in [0, 0.05) is 60.9 Å². The highest BCUT2D eigenvalue weighted by molar-refractivity contribution is 7.99. The van der Waals surface area contributed by atoms with E-state index in [2.05, 4.69) is 132 Å². The Morgan fingerprint density at radius 3 is 1.90 bits per heavy atom. The molecule has 0 saturated heterocycles. The monoisotopic (exact) mass is 812 g/mol. The summed E-state index contributed by atoms with van der Waals surface area (Å²) >= 11 is 1.78. The van der Waals surface area contributed by atoms with E-state index in [0.29, 0.717) is 17.5 Å². The summed E-state index contributed by atoms with van der Waals surface area (Å²) in [6.45, 7) is 0. The first-order chi connectivity index (χ1) is 30.6. The van der Waals surface area contributed by atoms with E-state index in [9.17, 15) is 0 Å². The van der Waals surface area contributed by atoms with Crippen LogP contribution in [0.2, 0.25) is 0 Å². The number of nitrogens with two attached hydrogens (primary N) is 1. The maximum atomic E-state index is 6.45. The minimum absolute atomic E-state index is 0.0515. The summed E-state index contributed by atoms with van der Waals surface area (Å²) in [6, 6.07) is 68.1. The molecule has 2 aliphatic rings. The van der Waals surface area contributed by atoms with Crippen molar-refractivity contribution in [1.29, 1.82) is 0 Å². The Balaban J connectivity index is 1.03. The Bertz CT molecular complexity index is 3310. The number of pyridine rings is 1. The molecule has 7 heteroatoms. The third kappa shape index (κ3) is 6.13. The molecule has 1 aliphatic heterocycles. The van der Waals surface area contributed by atoms with Crippen LogP contribution in [0, 0.1) is 0 Å². The molecule has 0 saturated carbocycles. The number of aromatic nitrogens is 4. The molecule has 292 valence electrons. The summed E-state index contributed by atoms with van der Waals surface area (Å²) in [7, 11) is 0. The van der Waals surface area contributed by atoms with Gasteiger partial charge in [0.15, 0.2) is 17.5 Å². The summed E-state index contributed by atoms with van der Waals surface area (Å²) in [5, 5.41) is 2.28. The molecule has 0 spiro atoms. The number of nitrogens with zero attached hydrogens (tertiary/aromatic N) is 5. The molecule has 0 bridgehead atoms. The van der Waals surface area contributed by atoms with Crippen LogP contribution in [0.1, 0.15) is 22.6 Å². The second-order valence-electron chi connectivity index (χ2n) is 15.7. The van der Waals surface area contributed by atoms with Gasteiger partial charge < -0.3 is 10.6 Å². The second kappa shape index (κ2) is 14.7. The zero-order valence-corrected chi connectivity index (χ0v) is 34.2. The Hall–Kier alpha value is -7.87. The molecule has 1 aliphatic carbocycles. The van der Waals surface area contributed by atoms with Crippen LogP contribution in [-0.2, 0) is 0 Å². The molecule has 0 radical (unpaired) electrons. The van der Waals surface area contributed by atoms with Crippen LogP contribution in [0.4, 0.5) is 22.7 Å². The number of anilines is 4. The topological polar surface area (TPSA) is 80.8 Å². The van der Waals surface area contributed by atoms with E-state index in [0.717, 1.165) is 71.3 Å². The van der Waals surface area contributed by atoms with Crippen molar-refractivity contribution in [3.8, 4) is 56.5 Å². The van der Waals surface area contributed by atoms with Gasteiger partial charge in [-0.15, -0.1) is 0 Å².